The molecule has 1 heterocycles. The molecule has 2 aromatic carbocycles. The minimum absolute atomic E-state index is 0.132. The Morgan fingerprint density at radius 1 is 1.14 bits per heavy atom. The highest BCUT2D eigenvalue weighted by Gasteiger charge is 2.26. The number of nitro groups is 1. The quantitative estimate of drug-likeness (QED) is 0.202. The molecule has 1 aliphatic rings. The van der Waals surface area contributed by atoms with Crippen molar-refractivity contribution in [3.8, 4) is 5.75 Å². The fourth-order valence-electron chi connectivity index (χ4n) is 3.54. The van der Waals surface area contributed by atoms with Crippen molar-refractivity contribution in [1.82, 2.24) is 10.2 Å². The van der Waals surface area contributed by atoms with Gasteiger partial charge in [-0.2, -0.15) is 0 Å². The predicted octanol–water partition coefficient (Wildman–Crippen LogP) is 3.02. The van der Waals surface area contributed by atoms with Crippen molar-refractivity contribution in [2.75, 3.05) is 44.8 Å². The van der Waals surface area contributed by atoms with Crippen molar-refractivity contribution in [3.63, 3.8) is 0 Å². The third-order valence-corrected chi connectivity index (χ3v) is 5.72. The summed E-state index contributed by atoms with van der Waals surface area (Å²) in [4.78, 5) is 39.0. The molecule has 0 radical (unpaired) electrons. The first-order chi connectivity index (χ1) is 16.8. The normalized spacial score (nSPS) is 13.4. The van der Waals surface area contributed by atoms with E-state index in [0.29, 0.717) is 37.0 Å². The number of rotatable bonds is 7. The molecule has 0 aromatic heterocycles. The molecule has 1 aliphatic heterocycles. The lowest BCUT2D eigenvalue weighted by molar-refractivity contribution is -0.384. The molecule has 1 fully saturated rings. The number of nitrogens with one attached hydrogen (secondary N) is 1. The van der Waals surface area contributed by atoms with Crippen LogP contribution in [0.25, 0.3) is 6.08 Å². The summed E-state index contributed by atoms with van der Waals surface area (Å²) < 4.78 is 10.0. The Morgan fingerprint density at radius 3 is 2.43 bits per heavy atom. The number of esters is 1. The number of hydrogen-bond donors (Lipinski definition) is 1. The van der Waals surface area contributed by atoms with E-state index >= 15 is 0 Å². The number of benzene rings is 2. The molecule has 10 nitrogen and oxygen atoms in total. The topological polar surface area (TPSA) is 114 Å². The molecule has 0 bridgehead atoms. The summed E-state index contributed by atoms with van der Waals surface area (Å²) in [5.41, 5.74) is 1.23. The molecular weight excluding hydrogens is 472 g/mol. The molecule has 35 heavy (non-hydrogen) atoms. The van der Waals surface area contributed by atoms with E-state index in [2.05, 4.69) is 5.32 Å². The van der Waals surface area contributed by atoms with E-state index in [1.165, 1.54) is 18.2 Å². The van der Waals surface area contributed by atoms with Crippen molar-refractivity contribution < 1.29 is 24.0 Å². The van der Waals surface area contributed by atoms with Gasteiger partial charge in [-0.15, -0.1) is 0 Å². The van der Waals surface area contributed by atoms with Crippen LogP contribution in [-0.2, 0) is 9.53 Å². The first kappa shape index (κ1) is 25.6. The minimum atomic E-state index is -0.603. The molecule has 0 unspecified atom stereocenters. The third kappa shape index (κ3) is 6.76. The maximum atomic E-state index is 12.3. The van der Waals surface area contributed by atoms with Gasteiger partial charge in [0, 0.05) is 38.3 Å². The Hall–Kier alpha value is -3.99. The highest BCUT2D eigenvalue weighted by atomic mass is 32.1. The van der Waals surface area contributed by atoms with Crippen molar-refractivity contribution >= 4 is 46.7 Å². The number of carbonyl (C=O) groups is 2. The van der Waals surface area contributed by atoms with Gasteiger partial charge in [-0.1, -0.05) is 12.1 Å². The Bertz CT molecular complexity index is 1130. The summed E-state index contributed by atoms with van der Waals surface area (Å²) in [5, 5.41) is 14.6. The van der Waals surface area contributed by atoms with Gasteiger partial charge in [-0.3, -0.25) is 20.2 Å². The van der Waals surface area contributed by atoms with Crippen LogP contribution in [0.2, 0.25) is 0 Å². The molecule has 3 rings (SSSR count). The van der Waals surface area contributed by atoms with Gasteiger partial charge in [0.2, 0.25) is 5.91 Å². The largest absolute Gasteiger partial charge is 0.497 e. The maximum absolute atomic E-state index is 12.3. The summed E-state index contributed by atoms with van der Waals surface area (Å²) in [7, 11) is 1.59. The van der Waals surface area contributed by atoms with E-state index in [4.69, 9.17) is 21.7 Å². The summed E-state index contributed by atoms with van der Waals surface area (Å²) in [6, 6.07) is 11.6. The number of nitro benzene ring substituents is 1. The SMILES string of the molecule is CCOC(=O)c1ccc(N2CCN(C(=S)NC(=O)/C=C/c3ccc(OC)cc3)CC2)c([N+](=O)[O-])c1. The van der Waals surface area contributed by atoms with E-state index in [9.17, 15) is 19.7 Å². The van der Waals surface area contributed by atoms with Crippen molar-refractivity contribution in [2.45, 2.75) is 6.92 Å². The molecule has 1 N–H and O–H groups in total. The minimum Gasteiger partial charge on any atom is -0.497 e. The smallest absolute Gasteiger partial charge is 0.338 e. The van der Waals surface area contributed by atoms with Crippen LogP contribution in [0.4, 0.5) is 11.4 Å². The number of carbonyl (C=O) groups excluding carboxylic acids is 2. The fourth-order valence-corrected chi connectivity index (χ4v) is 3.83. The van der Waals surface area contributed by atoms with Crippen LogP contribution in [0, 0.1) is 10.1 Å². The lowest BCUT2D eigenvalue weighted by Gasteiger charge is -2.36. The lowest BCUT2D eigenvalue weighted by Crippen LogP contribution is -2.52. The average Bonchev–Trinajstić information content (AvgIpc) is 2.87. The summed E-state index contributed by atoms with van der Waals surface area (Å²) in [6.45, 7) is 3.71. The molecule has 0 saturated carbocycles. The molecular formula is C24H26N4O6S. The first-order valence-electron chi connectivity index (χ1n) is 10.9. The lowest BCUT2D eigenvalue weighted by atomic mass is 10.1. The number of anilines is 1. The Morgan fingerprint density at radius 2 is 1.83 bits per heavy atom. The number of piperazine rings is 1. The van der Waals surface area contributed by atoms with Crippen molar-refractivity contribution in [3.05, 3.63) is 69.8 Å². The van der Waals surface area contributed by atoms with Gasteiger partial charge in [-0.05, 0) is 55.0 Å². The summed E-state index contributed by atoms with van der Waals surface area (Å²) in [5.74, 6) is -0.222. The van der Waals surface area contributed by atoms with Gasteiger partial charge in [0.1, 0.15) is 11.4 Å². The Balaban J connectivity index is 1.57. The number of amides is 1. The number of methoxy groups -OCH3 is 1. The first-order valence-corrected chi connectivity index (χ1v) is 11.4. The zero-order valence-corrected chi connectivity index (χ0v) is 20.2. The molecule has 0 spiro atoms. The molecule has 1 amide bonds. The Labute approximate surface area is 208 Å². The second-order valence-corrected chi connectivity index (χ2v) is 7.94. The van der Waals surface area contributed by atoms with Crippen LogP contribution in [0.3, 0.4) is 0 Å². The van der Waals surface area contributed by atoms with E-state index in [1.807, 2.05) is 21.9 Å². The number of hydrogen-bond acceptors (Lipinski definition) is 8. The van der Waals surface area contributed by atoms with Crippen LogP contribution in [0.5, 0.6) is 5.75 Å². The highest BCUT2D eigenvalue weighted by Crippen LogP contribution is 2.30. The van der Waals surface area contributed by atoms with Gasteiger partial charge in [0.05, 0.1) is 24.2 Å². The predicted molar refractivity (Wildman–Crippen MR) is 136 cm³/mol. The van der Waals surface area contributed by atoms with Crippen LogP contribution in [-0.4, -0.2) is 66.7 Å². The number of ether oxygens (including phenoxy) is 2. The average molecular weight is 499 g/mol. The molecule has 2 aromatic rings. The standard InChI is InChI=1S/C24H26N4O6S/c1-3-34-23(30)18-7-10-20(21(16-18)28(31)32)26-12-14-27(15-13-26)24(35)25-22(29)11-6-17-4-8-19(33-2)9-5-17/h4-11,16H,3,12-15H2,1-2H3,(H,25,29,35)/b11-6+. The van der Waals surface area contributed by atoms with Crippen LogP contribution in [0.1, 0.15) is 22.8 Å². The second-order valence-electron chi connectivity index (χ2n) is 7.56. The van der Waals surface area contributed by atoms with Crippen molar-refractivity contribution in [2.24, 2.45) is 0 Å². The van der Waals surface area contributed by atoms with E-state index in [0.717, 1.165) is 11.3 Å². The van der Waals surface area contributed by atoms with Gasteiger partial charge < -0.3 is 19.3 Å². The van der Waals surface area contributed by atoms with E-state index in [1.54, 1.807) is 38.3 Å². The molecule has 184 valence electrons. The molecule has 0 aliphatic carbocycles. The van der Waals surface area contributed by atoms with Gasteiger partial charge in [0.25, 0.3) is 5.69 Å². The van der Waals surface area contributed by atoms with E-state index < -0.39 is 10.9 Å². The van der Waals surface area contributed by atoms with Gasteiger partial charge >= 0.3 is 5.97 Å². The molecule has 0 atom stereocenters. The summed E-state index contributed by atoms with van der Waals surface area (Å²) >= 11 is 5.37. The Kier molecular flexibility index (Phi) is 8.74. The zero-order chi connectivity index (χ0) is 25.4. The fraction of sp³-hybridized carbons (Fsp3) is 0.292. The highest BCUT2D eigenvalue weighted by molar-refractivity contribution is 7.80. The van der Waals surface area contributed by atoms with E-state index in [-0.39, 0.29) is 23.8 Å². The molecule has 1 saturated heterocycles. The van der Waals surface area contributed by atoms with Crippen LogP contribution >= 0.6 is 12.2 Å². The zero-order valence-electron chi connectivity index (χ0n) is 19.4. The maximum Gasteiger partial charge on any atom is 0.338 e. The van der Waals surface area contributed by atoms with Gasteiger partial charge in [0.15, 0.2) is 5.11 Å². The summed E-state index contributed by atoms with van der Waals surface area (Å²) in [6.07, 6.45) is 3.08. The van der Waals surface area contributed by atoms with Crippen LogP contribution < -0.4 is 15.0 Å². The van der Waals surface area contributed by atoms with Crippen LogP contribution in [0.15, 0.2) is 48.5 Å². The molecule has 11 heteroatoms. The van der Waals surface area contributed by atoms with Gasteiger partial charge in [-0.25, -0.2) is 4.79 Å². The third-order valence-electron chi connectivity index (χ3n) is 5.36. The number of nitrogens with zero attached hydrogens (tertiary/aromatic N) is 3. The van der Waals surface area contributed by atoms with Crippen molar-refractivity contribution in [1.29, 1.82) is 0 Å². The number of thiocarbonyl (C=S) groups is 1. The second kappa shape index (κ2) is 11.9. The monoisotopic (exact) mass is 498 g/mol.